The van der Waals surface area contributed by atoms with Gasteiger partial charge in [-0.1, -0.05) is 0 Å². The van der Waals surface area contributed by atoms with Gasteiger partial charge in [-0.25, -0.2) is 0 Å². The van der Waals surface area contributed by atoms with E-state index in [1.165, 1.54) is 43.2 Å². The maximum absolute atomic E-state index is 14.7. The first-order chi connectivity index (χ1) is 16.2. The van der Waals surface area contributed by atoms with Crippen LogP contribution in [0, 0.1) is 5.82 Å². The van der Waals surface area contributed by atoms with Crippen molar-refractivity contribution in [2.75, 3.05) is 8.46 Å². The van der Waals surface area contributed by atoms with Gasteiger partial charge in [-0.15, -0.1) is 0 Å². The van der Waals surface area contributed by atoms with Crippen LogP contribution in [0.4, 0.5) is 10.1 Å². The van der Waals surface area contributed by atoms with Crippen molar-refractivity contribution in [3.63, 3.8) is 0 Å². The molecule has 1 unspecified atom stereocenters. The van der Waals surface area contributed by atoms with E-state index in [9.17, 15) is 4.39 Å². The second kappa shape index (κ2) is 10.5. The molecule has 1 atom stereocenters. The van der Waals surface area contributed by atoms with Gasteiger partial charge in [0.25, 0.3) is 0 Å². The summed E-state index contributed by atoms with van der Waals surface area (Å²) in [6.07, 6.45) is 7.63. The molecule has 2 aliphatic carbocycles. The third kappa shape index (κ3) is 5.58. The second-order valence-electron chi connectivity index (χ2n) is 9.09. The SMILES string of the molecule is CI(Nc1ccc2c(c1)CCCC2NC1CCC1)OCc1ccc(-c2ccccc2)cc1F. The Morgan fingerprint density at radius 1 is 0.939 bits per heavy atom. The normalized spacial score (nSPS) is 18.4. The molecule has 0 saturated heterocycles. The Balaban J connectivity index is 1.18. The first-order valence-corrected chi connectivity index (χ1v) is 16.0. The van der Waals surface area contributed by atoms with Crippen LogP contribution in [0.15, 0.2) is 66.7 Å². The number of alkyl halides is 1. The summed E-state index contributed by atoms with van der Waals surface area (Å²) < 4.78 is 24.3. The molecule has 5 heteroatoms. The number of benzene rings is 3. The number of fused-ring (bicyclic) bond motifs is 1. The van der Waals surface area contributed by atoms with Gasteiger partial charge in [0.05, 0.1) is 0 Å². The Kier molecular flexibility index (Phi) is 7.28. The Morgan fingerprint density at radius 3 is 2.55 bits per heavy atom. The molecule has 0 aliphatic heterocycles. The fraction of sp³-hybridized carbons (Fsp3) is 0.357. The van der Waals surface area contributed by atoms with E-state index in [2.05, 4.69) is 32.0 Å². The Bertz CT molecular complexity index is 1090. The fourth-order valence-electron chi connectivity index (χ4n) is 4.70. The molecule has 3 nitrogen and oxygen atoms in total. The van der Waals surface area contributed by atoms with Crippen LogP contribution < -0.4 is 8.85 Å². The Morgan fingerprint density at radius 2 is 1.79 bits per heavy atom. The van der Waals surface area contributed by atoms with Crippen LogP contribution in [0.25, 0.3) is 11.1 Å². The Hall–Kier alpha value is -1.96. The summed E-state index contributed by atoms with van der Waals surface area (Å²) in [5.74, 6) is -0.209. The molecule has 0 heterocycles. The van der Waals surface area contributed by atoms with Crippen LogP contribution in [0.3, 0.4) is 0 Å². The van der Waals surface area contributed by atoms with Crippen molar-refractivity contribution >= 4 is 26.2 Å². The summed E-state index contributed by atoms with van der Waals surface area (Å²) in [6.45, 7) is 0.299. The third-order valence-corrected chi connectivity index (χ3v) is 9.40. The molecule has 0 radical (unpaired) electrons. The van der Waals surface area contributed by atoms with Crippen molar-refractivity contribution in [3.8, 4) is 11.1 Å². The van der Waals surface area contributed by atoms with Gasteiger partial charge >= 0.3 is 205 Å². The monoisotopic (exact) mass is 558 g/mol. The van der Waals surface area contributed by atoms with Crippen LogP contribution in [-0.2, 0) is 16.1 Å². The number of nitrogens with one attached hydrogen (secondary N) is 2. The summed E-state index contributed by atoms with van der Waals surface area (Å²) in [4.78, 5) is 2.13. The molecule has 0 amide bonds. The van der Waals surface area contributed by atoms with Gasteiger partial charge in [-0.3, -0.25) is 0 Å². The minimum absolute atomic E-state index is 0.209. The summed E-state index contributed by atoms with van der Waals surface area (Å²) in [7, 11) is 0. The van der Waals surface area contributed by atoms with E-state index >= 15 is 0 Å². The zero-order valence-corrected chi connectivity index (χ0v) is 21.3. The van der Waals surface area contributed by atoms with Crippen molar-refractivity contribution < 1.29 is 7.46 Å². The van der Waals surface area contributed by atoms with Gasteiger partial charge in [-0.2, -0.15) is 0 Å². The Labute approximate surface area is 204 Å². The molecule has 0 aromatic heterocycles. The molecule has 2 N–H and O–H groups in total. The van der Waals surface area contributed by atoms with Gasteiger partial charge in [0.1, 0.15) is 0 Å². The van der Waals surface area contributed by atoms with Gasteiger partial charge in [0.15, 0.2) is 0 Å². The van der Waals surface area contributed by atoms with Crippen LogP contribution in [0.5, 0.6) is 0 Å². The molecular weight excluding hydrogens is 526 g/mol. The van der Waals surface area contributed by atoms with Gasteiger partial charge < -0.3 is 0 Å². The number of anilines is 1. The first-order valence-electron chi connectivity index (χ1n) is 11.9. The van der Waals surface area contributed by atoms with Crippen LogP contribution in [0.1, 0.15) is 54.8 Å². The van der Waals surface area contributed by atoms with Crippen LogP contribution >= 0.6 is 20.5 Å². The quantitative estimate of drug-likeness (QED) is 0.170. The second-order valence-corrected chi connectivity index (χ2v) is 12.7. The number of halogens is 2. The molecule has 0 spiro atoms. The molecule has 3 aromatic rings. The molecule has 5 rings (SSSR count). The van der Waals surface area contributed by atoms with Gasteiger partial charge in [-0.05, 0) is 0 Å². The topological polar surface area (TPSA) is 33.3 Å². The number of aryl methyl sites for hydroxylation is 1. The van der Waals surface area contributed by atoms with Crippen molar-refractivity contribution in [2.24, 2.45) is 0 Å². The fourth-order valence-corrected chi connectivity index (χ4v) is 6.87. The molecule has 0 bridgehead atoms. The molecular formula is C28H32FIN2O. The summed E-state index contributed by atoms with van der Waals surface area (Å²) >= 11 is -1.89. The maximum atomic E-state index is 14.7. The standard InChI is InChI=1S/C28H32FIN2O/c1-30(33-19-23-14-13-21(18-27(23)29)20-7-3-2-4-8-20)32-25-15-16-26-22(17-25)9-5-12-28(26)31-24-10-6-11-24/h2-4,7-8,13-18,24,28,31-32H,5-6,9-12,19H2,1H3. The average Bonchev–Trinajstić information content (AvgIpc) is 2.81. The van der Waals surface area contributed by atoms with E-state index < -0.39 is 20.5 Å². The zero-order chi connectivity index (χ0) is 22.6. The van der Waals surface area contributed by atoms with Crippen molar-refractivity contribution in [1.29, 1.82) is 0 Å². The summed E-state index contributed by atoms with van der Waals surface area (Å²) in [5.41, 5.74) is 6.57. The van der Waals surface area contributed by atoms with E-state index in [1.807, 2.05) is 42.5 Å². The number of hydrogen-bond acceptors (Lipinski definition) is 3. The molecule has 3 aromatic carbocycles. The van der Waals surface area contributed by atoms with Crippen molar-refractivity contribution in [1.82, 2.24) is 5.32 Å². The third-order valence-electron chi connectivity index (χ3n) is 6.78. The number of rotatable bonds is 8. The van der Waals surface area contributed by atoms with Gasteiger partial charge in [0, 0.05) is 0 Å². The number of hydrogen-bond donors (Lipinski definition) is 2. The van der Waals surface area contributed by atoms with Crippen LogP contribution in [-0.4, -0.2) is 11.0 Å². The summed E-state index contributed by atoms with van der Waals surface area (Å²) in [5, 5.41) is 3.86. The van der Waals surface area contributed by atoms with Crippen molar-refractivity contribution in [3.05, 3.63) is 89.2 Å². The summed E-state index contributed by atoms with van der Waals surface area (Å²) in [6, 6.07) is 23.3. The minimum atomic E-state index is -1.89. The van der Waals surface area contributed by atoms with E-state index in [0.29, 0.717) is 24.3 Å². The molecule has 1 saturated carbocycles. The van der Waals surface area contributed by atoms with E-state index in [1.54, 1.807) is 6.07 Å². The molecule has 174 valence electrons. The average molecular weight is 558 g/mol. The first kappa shape index (κ1) is 22.8. The van der Waals surface area contributed by atoms with E-state index in [4.69, 9.17) is 3.07 Å². The molecule has 33 heavy (non-hydrogen) atoms. The van der Waals surface area contributed by atoms with E-state index in [-0.39, 0.29) is 5.82 Å². The molecule has 1 fully saturated rings. The zero-order valence-electron chi connectivity index (χ0n) is 19.1. The van der Waals surface area contributed by atoms with E-state index in [0.717, 1.165) is 23.2 Å². The van der Waals surface area contributed by atoms with Gasteiger partial charge in [0.2, 0.25) is 0 Å². The predicted molar refractivity (Wildman–Crippen MR) is 143 cm³/mol. The molecule has 2 aliphatic rings. The van der Waals surface area contributed by atoms with Crippen LogP contribution in [0.2, 0.25) is 0 Å². The predicted octanol–water partition coefficient (Wildman–Crippen LogP) is 7.61. The van der Waals surface area contributed by atoms with Crippen molar-refractivity contribution in [2.45, 2.75) is 57.2 Å².